The SMILES string of the molecule is Cc1cc(NC(=S)NCc2ccon2)cc(C(F)(F)F)c1. The van der Waals surface area contributed by atoms with E-state index in [9.17, 15) is 13.2 Å². The van der Waals surface area contributed by atoms with Gasteiger partial charge in [-0.15, -0.1) is 0 Å². The molecule has 0 aliphatic heterocycles. The second kappa shape index (κ2) is 6.13. The van der Waals surface area contributed by atoms with E-state index in [2.05, 4.69) is 20.3 Å². The molecule has 1 aromatic heterocycles. The first kappa shape index (κ1) is 15.3. The molecule has 0 saturated carbocycles. The number of alkyl halides is 3. The quantitative estimate of drug-likeness (QED) is 0.849. The number of nitrogens with one attached hydrogen (secondary N) is 2. The molecular formula is C13H12F3N3OS. The highest BCUT2D eigenvalue weighted by Crippen LogP contribution is 2.31. The second-order valence-electron chi connectivity index (χ2n) is 4.38. The maximum Gasteiger partial charge on any atom is 0.416 e. The summed E-state index contributed by atoms with van der Waals surface area (Å²) in [5.41, 5.74) is 0.690. The van der Waals surface area contributed by atoms with Gasteiger partial charge in [0.2, 0.25) is 0 Å². The van der Waals surface area contributed by atoms with Gasteiger partial charge in [0, 0.05) is 11.8 Å². The molecule has 0 bridgehead atoms. The summed E-state index contributed by atoms with van der Waals surface area (Å²) in [4.78, 5) is 0. The van der Waals surface area contributed by atoms with E-state index in [0.29, 0.717) is 17.8 Å². The Morgan fingerprint density at radius 2 is 2.10 bits per heavy atom. The summed E-state index contributed by atoms with van der Waals surface area (Å²) in [5.74, 6) is 0. The maximum atomic E-state index is 12.7. The summed E-state index contributed by atoms with van der Waals surface area (Å²) in [6.07, 6.45) is -2.97. The van der Waals surface area contributed by atoms with E-state index in [-0.39, 0.29) is 10.8 Å². The van der Waals surface area contributed by atoms with Crippen LogP contribution in [0.25, 0.3) is 0 Å². The number of rotatable bonds is 3. The second-order valence-corrected chi connectivity index (χ2v) is 4.79. The summed E-state index contributed by atoms with van der Waals surface area (Å²) < 4.78 is 42.8. The van der Waals surface area contributed by atoms with Crippen molar-refractivity contribution in [2.24, 2.45) is 0 Å². The zero-order chi connectivity index (χ0) is 15.5. The lowest BCUT2D eigenvalue weighted by molar-refractivity contribution is -0.137. The third-order valence-electron chi connectivity index (χ3n) is 2.58. The molecular weight excluding hydrogens is 303 g/mol. The molecule has 4 nitrogen and oxygen atoms in total. The predicted octanol–water partition coefficient (Wildman–Crippen LogP) is 3.49. The number of anilines is 1. The van der Waals surface area contributed by atoms with Crippen molar-refractivity contribution in [1.82, 2.24) is 10.5 Å². The van der Waals surface area contributed by atoms with Gasteiger partial charge in [-0.3, -0.25) is 0 Å². The van der Waals surface area contributed by atoms with Crippen molar-refractivity contribution in [3.8, 4) is 0 Å². The lowest BCUT2D eigenvalue weighted by Gasteiger charge is -2.13. The third-order valence-corrected chi connectivity index (χ3v) is 2.83. The van der Waals surface area contributed by atoms with Gasteiger partial charge in [0.25, 0.3) is 0 Å². The number of nitrogens with zero attached hydrogens (tertiary/aromatic N) is 1. The molecule has 0 atom stereocenters. The van der Waals surface area contributed by atoms with Gasteiger partial charge in [-0.25, -0.2) is 0 Å². The van der Waals surface area contributed by atoms with Gasteiger partial charge in [-0.1, -0.05) is 5.16 Å². The Balaban J connectivity index is 2.02. The van der Waals surface area contributed by atoms with Crippen LogP contribution in [0, 0.1) is 6.92 Å². The highest BCUT2D eigenvalue weighted by atomic mass is 32.1. The van der Waals surface area contributed by atoms with Crippen LogP contribution in [-0.4, -0.2) is 10.3 Å². The van der Waals surface area contributed by atoms with Crippen molar-refractivity contribution in [1.29, 1.82) is 0 Å². The first-order valence-corrected chi connectivity index (χ1v) is 6.38. The van der Waals surface area contributed by atoms with E-state index < -0.39 is 11.7 Å². The van der Waals surface area contributed by atoms with E-state index >= 15 is 0 Å². The Bertz CT molecular complexity index is 626. The van der Waals surface area contributed by atoms with E-state index in [0.717, 1.165) is 12.1 Å². The van der Waals surface area contributed by atoms with Gasteiger partial charge in [0.05, 0.1) is 12.1 Å². The van der Waals surface area contributed by atoms with Crippen molar-refractivity contribution < 1.29 is 17.7 Å². The monoisotopic (exact) mass is 315 g/mol. The summed E-state index contributed by atoms with van der Waals surface area (Å²) in [6, 6.07) is 5.33. The van der Waals surface area contributed by atoms with Gasteiger partial charge in [-0.05, 0) is 42.9 Å². The molecule has 0 saturated heterocycles. The van der Waals surface area contributed by atoms with Gasteiger partial charge in [0.1, 0.15) is 12.0 Å². The van der Waals surface area contributed by atoms with Crippen molar-refractivity contribution >= 4 is 23.0 Å². The molecule has 2 N–H and O–H groups in total. The lowest BCUT2D eigenvalue weighted by Crippen LogP contribution is -2.28. The van der Waals surface area contributed by atoms with Crippen LogP contribution in [0.1, 0.15) is 16.8 Å². The minimum Gasteiger partial charge on any atom is -0.364 e. The molecule has 0 amide bonds. The first-order valence-electron chi connectivity index (χ1n) is 5.97. The molecule has 0 unspecified atom stereocenters. The number of benzene rings is 1. The fourth-order valence-electron chi connectivity index (χ4n) is 1.69. The van der Waals surface area contributed by atoms with E-state index in [1.54, 1.807) is 19.1 Å². The van der Waals surface area contributed by atoms with Crippen LogP contribution >= 0.6 is 12.2 Å². The summed E-state index contributed by atoms with van der Waals surface area (Å²) in [6.45, 7) is 1.91. The molecule has 1 aromatic carbocycles. The Hall–Kier alpha value is -2.09. The van der Waals surface area contributed by atoms with Gasteiger partial charge >= 0.3 is 6.18 Å². The van der Waals surface area contributed by atoms with Crippen LogP contribution in [0.15, 0.2) is 35.1 Å². The number of halogens is 3. The average Bonchev–Trinajstić information content (AvgIpc) is 2.87. The lowest BCUT2D eigenvalue weighted by atomic mass is 10.1. The van der Waals surface area contributed by atoms with Gasteiger partial charge < -0.3 is 15.2 Å². The molecule has 21 heavy (non-hydrogen) atoms. The van der Waals surface area contributed by atoms with Crippen LogP contribution in [0.2, 0.25) is 0 Å². The summed E-state index contributed by atoms with van der Waals surface area (Å²) in [7, 11) is 0. The highest BCUT2D eigenvalue weighted by Gasteiger charge is 2.30. The summed E-state index contributed by atoms with van der Waals surface area (Å²) >= 11 is 5.03. The van der Waals surface area contributed by atoms with Gasteiger partial charge in [-0.2, -0.15) is 13.2 Å². The minimum absolute atomic E-state index is 0.205. The summed E-state index contributed by atoms with van der Waals surface area (Å²) in [5, 5.41) is 9.43. The Morgan fingerprint density at radius 1 is 1.33 bits per heavy atom. The Kier molecular flexibility index (Phi) is 4.46. The van der Waals surface area contributed by atoms with Crippen molar-refractivity contribution in [3.05, 3.63) is 47.3 Å². The fraction of sp³-hybridized carbons (Fsp3) is 0.231. The molecule has 8 heteroatoms. The number of thiocarbonyl (C=S) groups is 1. The van der Waals surface area contributed by atoms with E-state index in [1.807, 2.05) is 0 Å². The van der Waals surface area contributed by atoms with Crippen LogP contribution in [0.4, 0.5) is 18.9 Å². The van der Waals surface area contributed by atoms with Crippen LogP contribution in [-0.2, 0) is 12.7 Å². The van der Waals surface area contributed by atoms with Crippen molar-refractivity contribution in [2.75, 3.05) is 5.32 Å². The predicted molar refractivity (Wildman–Crippen MR) is 75.7 cm³/mol. The van der Waals surface area contributed by atoms with Crippen LogP contribution in [0.5, 0.6) is 0 Å². The number of hydrogen-bond donors (Lipinski definition) is 2. The van der Waals surface area contributed by atoms with Gasteiger partial charge in [0.15, 0.2) is 5.11 Å². The smallest absolute Gasteiger partial charge is 0.364 e. The molecule has 2 rings (SSSR count). The average molecular weight is 315 g/mol. The van der Waals surface area contributed by atoms with E-state index in [1.165, 1.54) is 6.26 Å². The third kappa shape index (κ3) is 4.45. The van der Waals surface area contributed by atoms with E-state index in [4.69, 9.17) is 12.2 Å². The number of aromatic nitrogens is 1. The molecule has 0 aliphatic rings. The topological polar surface area (TPSA) is 50.1 Å². The number of aryl methyl sites for hydroxylation is 1. The maximum absolute atomic E-state index is 12.7. The van der Waals surface area contributed by atoms with Crippen molar-refractivity contribution in [3.63, 3.8) is 0 Å². The first-order chi connectivity index (χ1) is 9.84. The largest absolute Gasteiger partial charge is 0.416 e. The Labute approximate surface area is 124 Å². The molecule has 112 valence electrons. The fourth-order valence-corrected chi connectivity index (χ4v) is 1.88. The molecule has 1 heterocycles. The number of hydrogen-bond acceptors (Lipinski definition) is 3. The molecule has 0 spiro atoms. The highest BCUT2D eigenvalue weighted by molar-refractivity contribution is 7.80. The molecule has 0 fully saturated rings. The van der Waals surface area contributed by atoms with Crippen LogP contribution < -0.4 is 10.6 Å². The molecule has 0 radical (unpaired) electrons. The minimum atomic E-state index is -4.39. The molecule has 0 aliphatic carbocycles. The zero-order valence-electron chi connectivity index (χ0n) is 11.0. The molecule has 2 aromatic rings. The van der Waals surface area contributed by atoms with Crippen molar-refractivity contribution in [2.45, 2.75) is 19.6 Å². The zero-order valence-corrected chi connectivity index (χ0v) is 11.8. The Morgan fingerprint density at radius 3 is 2.71 bits per heavy atom. The van der Waals surface area contributed by atoms with Crippen LogP contribution in [0.3, 0.4) is 0 Å². The normalized spacial score (nSPS) is 11.2. The standard InChI is InChI=1S/C13H12F3N3OS/c1-8-4-9(13(14,15)16)6-11(5-8)18-12(21)17-7-10-2-3-20-19-10/h2-6H,7H2,1H3,(H2,17,18,21).